The highest BCUT2D eigenvalue weighted by molar-refractivity contribution is 5.53. The molecule has 0 aromatic carbocycles. The van der Waals surface area contributed by atoms with Gasteiger partial charge in [-0.1, -0.05) is 26.3 Å². The molecule has 0 atom stereocenters. The van der Waals surface area contributed by atoms with Crippen molar-refractivity contribution in [1.29, 1.82) is 0 Å². The van der Waals surface area contributed by atoms with Crippen molar-refractivity contribution >= 4 is 0 Å². The average molecular weight is 346 g/mol. The molecule has 6 heteroatoms. The van der Waals surface area contributed by atoms with Crippen molar-refractivity contribution < 1.29 is 27.0 Å². The molecule has 0 heterocycles. The van der Waals surface area contributed by atoms with E-state index in [1.807, 2.05) is 0 Å². The van der Waals surface area contributed by atoms with E-state index >= 15 is 0 Å². The van der Waals surface area contributed by atoms with Gasteiger partial charge < -0.3 is 9.47 Å². The SMILES string of the molecule is C=C(CCOC)/C(F)=C(/F)C(=C)C(=C)/C(F)=C(/F)C(=C)COCC. The molecule has 0 fully saturated rings. The molecule has 0 aliphatic carbocycles. The van der Waals surface area contributed by atoms with Gasteiger partial charge in [0, 0.05) is 30.4 Å². The van der Waals surface area contributed by atoms with Gasteiger partial charge in [-0.2, -0.15) is 0 Å². The number of halogens is 4. The smallest absolute Gasteiger partial charge is 0.166 e. The molecule has 0 aromatic rings. The molecule has 0 unspecified atom stereocenters. The van der Waals surface area contributed by atoms with Crippen molar-refractivity contribution in [3.63, 3.8) is 0 Å². The lowest BCUT2D eigenvalue weighted by Crippen LogP contribution is -2.01. The minimum Gasteiger partial charge on any atom is -0.384 e. The first-order chi connectivity index (χ1) is 11.2. The number of methoxy groups -OCH3 is 1. The highest BCUT2D eigenvalue weighted by Crippen LogP contribution is 2.33. The Bertz CT molecular complexity index is 534. The largest absolute Gasteiger partial charge is 0.384 e. The Morgan fingerprint density at radius 3 is 1.67 bits per heavy atom. The van der Waals surface area contributed by atoms with Crippen LogP contribution < -0.4 is 0 Å². The van der Waals surface area contributed by atoms with E-state index in [1.54, 1.807) is 6.92 Å². The number of hydrogen-bond acceptors (Lipinski definition) is 2. The molecule has 0 aliphatic heterocycles. The van der Waals surface area contributed by atoms with Gasteiger partial charge in [0.05, 0.1) is 13.2 Å². The summed E-state index contributed by atoms with van der Waals surface area (Å²) in [5.74, 6) is -5.59. The zero-order valence-electron chi connectivity index (χ0n) is 14.0. The van der Waals surface area contributed by atoms with Gasteiger partial charge in [-0.3, -0.25) is 0 Å². The van der Waals surface area contributed by atoms with E-state index in [9.17, 15) is 17.6 Å². The molecule has 0 amide bonds. The topological polar surface area (TPSA) is 18.5 Å². The summed E-state index contributed by atoms with van der Waals surface area (Å²) in [6, 6.07) is 0. The van der Waals surface area contributed by atoms with Crippen LogP contribution in [0, 0.1) is 0 Å². The van der Waals surface area contributed by atoms with Gasteiger partial charge in [-0.15, -0.1) is 0 Å². The Balaban J connectivity index is 5.31. The lowest BCUT2D eigenvalue weighted by atomic mass is 10.0. The normalized spacial score (nSPS) is 13.1. The Labute approximate surface area is 140 Å². The average Bonchev–Trinajstić information content (AvgIpc) is 2.59. The van der Waals surface area contributed by atoms with Crippen LogP contribution in [0.1, 0.15) is 13.3 Å². The summed E-state index contributed by atoms with van der Waals surface area (Å²) < 4.78 is 65.4. The zero-order valence-corrected chi connectivity index (χ0v) is 14.0. The van der Waals surface area contributed by atoms with Gasteiger partial charge in [0.2, 0.25) is 0 Å². The van der Waals surface area contributed by atoms with E-state index in [0.29, 0.717) is 0 Å². The van der Waals surface area contributed by atoms with Gasteiger partial charge in [0.25, 0.3) is 0 Å². The molecular formula is C18H22F4O2. The standard InChI is InChI=1S/C18H22F4O2/c1-7-24-10-12(3)16(20)18(22)14(5)13(4)17(21)15(19)11(2)8-9-23-6/h2-5,7-10H2,1,6H3/b17-15-,18-16-. The summed E-state index contributed by atoms with van der Waals surface area (Å²) in [5, 5.41) is 0. The van der Waals surface area contributed by atoms with Crippen LogP contribution in [0.3, 0.4) is 0 Å². The molecule has 0 N–H and O–H groups in total. The molecule has 0 saturated heterocycles. The molecule has 0 rings (SSSR count). The predicted octanol–water partition coefficient (Wildman–Crippen LogP) is 5.59. The molecule has 0 saturated carbocycles. The van der Waals surface area contributed by atoms with Gasteiger partial charge in [0.1, 0.15) is 0 Å². The van der Waals surface area contributed by atoms with Crippen LogP contribution in [0.4, 0.5) is 17.6 Å². The molecule has 0 radical (unpaired) electrons. The molecular weight excluding hydrogens is 324 g/mol. The zero-order chi connectivity index (χ0) is 18.9. The van der Waals surface area contributed by atoms with Crippen LogP contribution in [-0.4, -0.2) is 26.9 Å². The molecule has 0 aromatic heterocycles. The first kappa shape index (κ1) is 22.1. The van der Waals surface area contributed by atoms with Gasteiger partial charge in [-0.25, -0.2) is 17.6 Å². The first-order valence-electron chi connectivity index (χ1n) is 7.11. The molecule has 2 nitrogen and oxygen atoms in total. The van der Waals surface area contributed by atoms with E-state index in [2.05, 4.69) is 26.3 Å². The summed E-state index contributed by atoms with van der Waals surface area (Å²) in [5.41, 5.74) is -1.91. The van der Waals surface area contributed by atoms with Crippen molar-refractivity contribution in [2.45, 2.75) is 13.3 Å². The third-order valence-electron chi connectivity index (χ3n) is 2.99. The van der Waals surface area contributed by atoms with Crippen molar-refractivity contribution in [2.24, 2.45) is 0 Å². The summed E-state index contributed by atoms with van der Waals surface area (Å²) in [6.07, 6.45) is 0.0351. The van der Waals surface area contributed by atoms with E-state index in [1.165, 1.54) is 7.11 Å². The maximum Gasteiger partial charge on any atom is 0.166 e. The third kappa shape index (κ3) is 6.29. The minimum atomic E-state index is -1.48. The van der Waals surface area contributed by atoms with Crippen molar-refractivity contribution in [3.05, 3.63) is 71.9 Å². The van der Waals surface area contributed by atoms with E-state index in [-0.39, 0.29) is 37.4 Å². The maximum absolute atomic E-state index is 14.0. The quantitative estimate of drug-likeness (QED) is 0.359. The Hall–Kier alpha value is -1.92. The van der Waals surface area contributed by atoms with Crippen molar-refractivity contribution in [2.75, 3.05) is 26.9 Å². The van der Waals surface area contributed by atoms with Crippen LogP contribution in [0.15, 0.2) is 71.9 Å². The second-order valence-corrected chi connectivity index (χ2v) is 4.80. The number of hydrogen-bond donors (Lipinski definition) is 0. The van der Waals surface area contributed by atoms with Crippen LogP contribution in [-0.2, 0) is 9.47 Å². The minimum absolute atomic E-state index is 0.0351. The summed E-state index contributed by atoms with van der Waals surface area (Å²) in [6.45, 7) is 15.0. The molecule has 24 heavy (non-hydrogen) atoms. The number of allylic oxidation sites excluding steroid dienone is 5. The van der Waals surface area contributed by atoms with Crippen LogP contribution in [0.25, 0.3) is 0 Å². The third-order valence-corrected chi connectivity index (χ3v) is 2.99. The number of ether oxygens (including phenoxy) is 2. The second-order valence-electron chi connectivity index (χ2n) is 4.80. The van der Waals surface area contributed by atoms with Crippen LogP contribution in [0.2, 0.25) is 0 Å². The van der Waals surface area contributed by atoms with E-state index in [4.69, 9.17) is 9.47 Å². The van der Waals surface area contributed by atoms with E-state index in [0.717, 1.165) is 0 Å². The summed E-state index contributed by atoms with van der Waals surface area (Å²) >= 11 is 0. The molecule has 0 spiro atoms. The van der Waals surface area contributed by atoms with Crippen molar-refractivity contribution in [1.82, 2.24) is 0 Å². The molecule has 0 aliphatic rings. The highest BCUT2D eigenvalue weighted by atomic mass is 19.2. The predicted molar refractivity (Wildman–Crippen MR) is 88.0 cm³/mol. The maximum atomic E-state index is 14.0. The lowest BCUT2D eigenvalue weighted by Gasteiger charge is -2.10. The second kappa shape index (κ2) is 10.8. The lowest BCUT2D eigenvalue weighted by molar-refractivity contribution is 0.170. The fourth-order valence-corrected chi connectivity index (χ4v) is 1.46. The van der Waals surface area contributed by atoms with E-state index < -0.39 is 34.5 Å². The van der Waals surface area contributed by atoms with Gasteiger partial charge in [-0.05, 0) is 18.9 Å². The van der Waals surface area contributed by atoms with Crippen LogP contribution >= 0.6 is 0 Å². The van der Waals surface area contributed by atoms with Gasteiger partial charge in [0.15, 0.2) is 23.3 Å². The number of rotatable bonds is 11. The fourth-order valence-electron chi connectivity index (χ4n) is 1.46. The Morgan fingerprint density at radius 1 is 0.792 bits per heavy atom. The molecule has 134 valence electrons. The first-order valence-corrected chi connectivity index (χ1v) is 7.11. The monoisotopic (exact) mass is 346 g/mol. The Morgan fingerprint density at radius 2 is 1.25 bits per heavy atom. The highest BCUT2D eigenvalue weighted by Gasteiger charge is 2.21. The molecule has 0 bridgehead atoms. The fraction of sp³-hybridized carbons (Fsp3) is 0.333. The summed E-state index contributed by atoms with van der Waals surface area (Å²) in [4.78, 5) is 0. The Kier molecular flexibility index (Phi) is 9.92. The summed E-state index contributed by atoms with van der Waals surface area (Å²) in [7, 11) is 1.39. The van der Waals surface area contributed by atoms with Crippen LogP contribution in [0.5, 0.6) is 0 Å². The van der Waals surface area contributed by atoms with Crippen molar-refractivity contribution in [3.8, 4) is 0 Å². The van der Waals surface area contributed by atoms with Gasteiger partial charge >= 0.3 is 0 Å².